The number of amides is 1. The minimum Gasteiger partial charge on any atom is -0.492 e. The minimum atomic E-state index is -0.325. The van der Waals surface area contributed by atoms with Crippen molar-refractivity contribution in [1.82, 2.24) is 10.2 Å². The molecule has 9 nitrogen and oxygen atoms in total. The zero-order valence-corrected chi connectivity index (χ0v) is 28.4. The predicted octanol–water partition coefficient (Wildman–Crippen LogP) is 6.64. The Bertz CT molecular complexity index is 1340. The molecule has 4 rings (SSSR count). The standard InChI is InChI=1S/C36H54N6O3/c1-8-12-29-27(21-37)36(41-28-15-16-33(25(5)24(28)4)45-22-32-23(3)13-10-17-38-32)26-19-31(34(44-9-2)20-30(26)39-29)40-35(43)14-11-18-42(6)7/h15-16,19-20,23,27,29,32,36,38-39,41H,8-14,17-18,22H2,1-7H3,(H,40,43). The number of anilines is 3. The molecule has 0 aromatic heterocycles. The summed E-state index contributed by atoms with van der Waals surface area (Å²) in [5.74, 6) is 1.74. The maximum atomic E-state index is 13.0. The van der Waals surface area contributed by atoms with Crippen LogP contribution < -0.4 is 30.7 Å². The van der Waals surface area contributed by atoms with Gasteiger partial charge in [-0.05, 0) is 109 Å². The quantitative estimate of drug-likeness (QED) is 0.187. The van der Waals surface area contributed by atoms with E-state index in [9.17, 15) is 10.1 Å². The molecule has 2 aliphatic heterocycles. The number of hydrogen-bond acceptors (Lipinski definition) is 8. The lowest BCUT2D eigenvalue weighted by Gasteiger charge is -2.39. The molecule has 4 N–H and O–H groups in total. The molecule has 2 aliphatic rings. The lowest BCUT2D eigenvalue weighted by atomic mass is 9.81. The van der Waals surface area contributed by atoms with Crippen molar-refractivity contribution in [3.63, 3.8) is 0 Å². The molecule has 0 spiro atoms. The van der Waals surface area contributed by atoms with Crippen molar-refractivity contribution in [3.8, 4) is 17.6 Å². The molecule has 5 unspecified atom stereocenters. The van der Waals surface area contributed by atoms with Gasteiger partial charge in [-0.3, -0.25) is 4.79 Å². The Hall–Kier alpha value is -3.48. The molecular weight excluding hydrogens is 564 g/mol. The van der Waals surface area contributed by atoms with Crippen LogP contribution in [0.1, 0.15) is 82.0 Å². The van der Waals surface area contributed by atoms with Crippen LogP contribution in [0.25, 0.3) is 0 Å². The summed E-state index contributed by atoms with van der Waals surface area (Å²) in [6.45, 7) is 13.6. The fraction of sp³-hybridized carbons (Fsp3) is 0.611. The summed E-state index contributed by atoms with van der Waals surface area (Å²) in [6.07, 6.45) is 5.45. The number of nitrogens with zero attached hydrogens (tertiary/aromatic N) is 2. The van der Waals surface area contributed by atoms with E-state index in [1.807, 2.05) is 39.2 Å². The summed E-state index contributed by atoms with van der Waals surface area (Å²) in [4.78, 5) is 15.0. The van der Waals surface area contributed by atoms with E-state index in [-0.39, 0.29) is 23.9 Å². The van der Waals surface area contributed by atoms with Gasteiger partial charge < -0.3 is 35.6 Å². The van der Waals surface area contributed by atoms with Gasteiger partial charge in [-0.2, -0.15) is 5.26 Å². The van der Waals surface area contributed by atoms with Gasteiger partial charge in [-0.15, -0.1) is 0 Å². The Morgan fingerprint density at radius 2 is 1.89 bits per heavy atom. The monoisotopic (exact) mass is 618 g/mol. The van der Waals surface area contributed by atoms with Crippen molar-refractivity contribution in [2.45, 2.75) is 91.3 Å². The molecule has 0 aliphatic carbocycles. The minimum absolute atomic E-state index is 0.0278. The second-order valence-corrected chi connectivity index (χ2v) is 13.0. The van der Waals surface area contributed by atoms with E-state index in [0.29, 0.717) is 43.0 Å². The average molecular weight is 619 g/mol. The topological polar surface area (TPSA) is 111 Å². The second-order valence-electron chi connectivity index (χ2n) is 13.0. The Balaban J connectivity index is 1.64. The molecule has 246 valence electrons. The van der Waals surface area contributed by atoms with Crippen LogP contribution in [0.3, 0.4) is 0 Å². The van der Waals surface area contributed by atoms with Gasteiger partial charge in [-0.25, -0.2) is 0 Å². The number of piperidine rings is 1. The first-order valence-corrected chi connectivity index (χ1v) is 16.8. The molecule has 1 saturated heterocycles. The van der Waals surface area contributed by atoms with Crippen LogP contribution in [-0.4, -0.2) is 63.3 Å². The van der Waals surface area contributed by atoms with E-state index in [1.165, 1.54) is 12.8 Å². The molecule has 0 saturated carbocycles. The van der Waals surface area contributed by atoms with Gasteiger partial charge >= 0.3 is 0 Å². The third-order valence-corrected chi connectivity index (χ3v) is 9.35. The number of hydrogen-bond donors (Lipinski definition) is 4. The third-order valence-electron chi connectivity index (χ3n) is 9.35. The van der Waals surface area contributed by atoms with Gasteiger partial charge in [0, 0.05) is 41.5 Å². The summed E-state index contributed by atoms with van der Waals surface area (Å²) in [5, 5.41) is 24.6. The molecular formula is C36H54N6O3. The fourth-order valence-corrected chi connectivity index (χ4v) is 6.52. The van der Waals surface area contributed by atoms with E-state index in [0.717, 1.165) is 66.2 Å². The van der Waals surface area contributed by atoms with Crippen molar-refractivity contribution in [2.75, 3.05) is 56.3 Å². The first kappa shape index (κ1) is 34.4. The van der Waals surface area contributed by atoms with Crippen molar-refractivity contribution >= 4 is 23.0 Å². The predicted molar refractivity (Wildman–Crippen MR) is 183 cm³/mol. The highest BCUT2D eigenvalue weighted by molar-refractivity contribution is 5.93. The normalized spacial score (nSPS) is 22.6. The van der Waals surface area contributed by atoms with Gasteiger partial charge in [-0.1, -0.05) is 20.3 Å². The third kappa shape index (κ3) is 8.62. The molecule has 2 aromatic rings. The molecule has 2 aromatic carbocycles. The number of carbonyl (C=O) groups excluding carboxylic acids is 1. The van der Waals surface area contributed by atoms with Crippen LogP contribution in [0, 0.1) is 37.0 Å². The number of nitrogens with one attached hydrogen (secondary N) is 4. The molecule has 9 heteroatoms. The maximum absolute atomic E-state index is 13.0. The molecule has 1 fully saturated rings. The van der Waals surface area contributed by atoms with Gasteiger partial charge in [0.05, 0.1) is 30.3 Å². The van der Waals surface area contributed by atoms with Crippen molar-refractivity contribution in [1.29, 1.82) is 5.26 Å². The molecule has 45 heavy (non-hydrogen) atoms. The highest BCUT2D eigenvalue weighted by Crippen LogP contribution is 2.45. The summed E-state index contributed by atoms with van der Waals surface area (Å²) < 4.78 is 12.3. The van der Waals surface area contributed by atoms with Gasteiger partial charge in [0.2, 0.25) is 5.91 Å². The van der Waals surface area contributed by atoms with Gasteiger partial charge in [0.1, 0.15) is 18.1 Å². The van der Waals surface area contributed by atoms with Crippen molar-refractivity contribution < 1.29 is 14.3 Å². The number of rotatable bonds is 14. The smallest absolute Gasteiger partial charge is 0.224 e. The first-order chi connectivity index (χ1) is 21.7. The van der Waals surface area contributed by atoms with Gasteiger partial charge in [0.15, 0.2) is 0 Å². The highest BCUT2D eigenvalue weighted by atomic mass is 16.5. The van der Waals surface area contributed by atoms with Crippen LogP contribution in [0.5, 0.6) is 11.5 Å². The van der Waals surface area contributed by atoms with Crippen LogP contribution >= 0.6 is 0 Å². The van der Waals surface area contributed by atoms with Gasteiger partial charge in [0.25, 0.3) is 0 Å². The lowest BCUT2D eigenvalue weighted by Crippen LogP contribution is -2.44. The molecule has 0 bridgehead atoms. The van der Waals surface area contributed by atoms with E-state index >= 15 is 0 Å². The summed E-state index contributed by atoms with van der Waals surface area (Å²) >= 11 is 0. The molecule has 1 amide bonds. The molecule has 0 radical (unpaired) electrons. The van der Waals surface area contributed by atoms with Crippen molar-refractivity contribution in [3.05, 3.63) is 41.0 Å². The summed E-state index contributed by atoms with van der Waals surface area (Å²) in [5.41, 5.74) is 5.66. The van der Waals surface area contributed by atoms with E-state index in [2.05, 4.69) is 66.0 Å². The van der Waals surface area contributed by atoms with Crippen molar-refractivity contribution in [2.24, 2.45) is 11.8 Å². The Morgan fingerprint density at radius 1 is 1.09 bits per heavy atom. The lowest BCUT2D eigenvalue weighted by molar-refractivity contribution is -0.116. The number of fused-ring (bicyclic) bond motifs is 1. The second kappa shape index (κ2) is 16.2. The summed E-state index contributed by atoms with van der Waals surface area (Å²) in [6, 6.07) is 10.7. The largest absolute Gasteiger partial charge is 0.492 e. The first-order valence-electron chi connectivity index (χ1n) is 16.8. The maximum Gasteiger partial charge on any atom is 0.224 e. The van der Waals surface area contributed by atoms with Crippen LogP contribution in [0.2, 0.25) is 0 Å². The number of carbonyl (C=O) groups is 1. The Labute approximate surface area is 270 Å². The average Bonchev–Trinajstić information content (AvgIpc) is 3.00. The van der Waals surface area contributed by atoms with E-state index in [4.69, 9.17) is 9.47 Å². The SMILES string of the molecule is CCCC1Nc2cc(OCC)c(NC(=O)CCCN(C)C)cc2C(Nc2ccc(OCC3NCCCC3C)c(C)c2C)C1C#N. The van der Waals surface area contributed by atoms with E-state index < -0.39 is 0 Å². The molecule has 2 heterocycles. The fourth-order valence-electron chi connectivity index (χ4n) is 6.52. The Kier molecular flexibility index (Phi) is 12.4. The van der Waals surface area contributed by atoms with E-state index in [1.54, 1.807) is 0 Å². The zero-order valence-electron chi connectivity index (χ0n) is 28.4. The zero-order chi connectivity index (χ0) is 32.5. The molecule has 5 atom stereocenters. The number of benzene rings is 2. The summed E-state index contributed by atoms with van der Waals surface area (Å²) in [7, 11) is 4.01. The van der Waals surface area contributed by atoms with Crippen LogP contribution in [-0.2, 0) is 4.79 Å². The number of ether oxygens (including phenoxy) is 2. The van der Waals surface area contributed by atoms with Crippen LogP contribution in [0.4, 0.5) is 17.1 Å². The van der Waals surface area contributed by atoms with Crippen LogP contribution in [0.15, 0.2) is 24.3 Å². The highest BCUT2D eigenvalue weighted by Gasteiger charge is 2.38. The Morgan fingerprint density at radius 3 is 2.58 bits per heavy atom. The number of nitriles is 1.